The molecule has 3 atom stereocenters. The molecular weight excluding hydrogens is 345 g/mol. The van der Waals surface area contributed by atoms with Crippen LogP contribution in [0.3, 0.4) is 0 Å². The number of fused-ring (bicyclic) bond motifs is 1. The van der Waals surface area contributed by atoms with Gasteiger partial charge in [-0.1, -0.05) is 18.2 Å². The van der Waals surface area contributed by atoms with Crippen LogP contribution in [0.15, 0.2) is 48.7 Å². The number of aromatic nitrogens is 1. The van der Waals surface area contributed by atoms with Gasteiger partial charge in [0.1, 0.15) is 11.5 Å². The van der Waals surface area contributed by atoms with Gasteiger partial charge in [-0.25, -0.2) is 4.39 Å². The van der Waals surface area contributed by atoms with E-state index in [2.05, 4.69) is 4.98 Å². The van der Waals surface area contributed by atoms with Gasteiger partial charge in [0.05, 0.1) is 12.1 Å². The molecule has 4 rings (SSSR count). The first kappa shape index (κ1) is 17.6. The van der Waals surface area contributed by atoms with Crippen LogP contribution in [-0.4, -0.2) is 51.8 Å². The molecule has 2 fully saturated rings. The molecule has 1 aromatic heterocycles. The summed E-state index contributed by atoms with van der Waals surface area (Å²) in [4.78, 5) is 33.3. The number of halogens is 1. The molecule has 27 heavy (non-hydrogen) atoms. The fourth-order valence-electron chi connectivity index (χ4n) is 4.53. The molecule has 0 bridgehead atoms. The lowest BCUT2D eigenvalue weighted by Gasteiger charge is -2.41. The monoisotopic (exact) mass is 367 g/mol. The average molecular weight is 367 g/mol. The number of hydrogen-bond acceptors (Lipinski definition) is 3. The zero-order valence-corrected chi connectivity index (χ0v) is 15.2. The molecule has 6 heteroatoms. The SMILES string of the molecule is CC(=O)N1CCC[C@@H]2[C@H]1[C@@H](c1ccc(F)cc1)CN2C(=O)c1ccccn1. The van der Waals surface area contributed by atoms with E-state index in [-0.39, 0.29) is 35.6 Å². The molecule has 140 valence electrons. The number of carbonyl (C=O) groups excluding carboxylic acids is 2. The Hall–Kier alpha value is -2.76. The van der Waals surface area contributed by atoms with E-state index in [1.807, 2.05) is 9.80 Å². The lowest BCUT2D eigenvalue weighted by molar-refractivity contribution is -0.133. The number of nitrogens with zero attached hydrogens (tertiary/aromatic N) is 3. The van der Waals surface area contributed by atoms with Gasteiger partial charge >= 0.3 is 0 Å². The van der Waals surface area contributed by atoms with E-state index in [1.54, 1.807) is 43.5 Å². The Labute approximate surface area is 157 Å². The number of piperidine rings is 1. The second-order valence-electron chi connectivity index (χ2n) is 7.24. The third-order valence-electron chi connectivity index (χ3n) is 5.71. The number of amides is 2. The molecule has 2 aliphatic heterocycles. The van der Waals surface area contributed by atoms with Crippen LogP contribution in [0.25, 0.3) is 0 Å². The molecule has 0 radical (unpaired) electrons. The van der Waals surface area contributed by atoms with Crippen LogP contribution in [0, 0.1) is 5.82 Å². The lowest BCUT2D eigenvalue weighted by atomic mass is 9.86. The largest absolute Gasteiger partial charge is 0.337 e. The summed E-state index contributed by atoms with van der Waals surface area (Å²) in [6, 6.07) is 11.6. The fourth-order valence-corrected chi connectivity index (χ4v) is 4.53. The molecule has 2 aliphatic rings. The zero-order valence-electron chi connectivity index (χ0n) is 15.2. The Bertz CT molecular complexity index is 840. The van der Waals surface area contributed by atoms with Crippen LogP contribution >= 0.6 is 0 Å². The summed E-state index contributed by atoms with van der Waals surface area (Å²) in [5.74, 6) is -0.418. The maximum atomic E-state index is 13.4. The molecule has 0 spiro atoms. The van der Waals surface area contributed by atoms with E-state index < -0.39 is 0 Å². The molecule has 2 aromatic rings. The van der Waals surface area contributed by atoms with Crippen LogP contribution in [-0.2, 0) is 4.79 Å². The number of pyridine rings is 1. The summed E-state index contributed by atoms with van der Waals surface area (Å²) >= 11 is 0. The Morgan fingerprint density at radius 3 is 2.56 bits per heavy atom. The molecule has 0 aliphatic carbocycles. The van der Waals surface area contributed by atoms with Gasteiger partial charge in [-0.2, -0.15) is 0 Å². The maximum Gasteiger partial charge on any atom is 0.272 e. The Kier molecular flexibility index (Phi) is 4.64. The Morgan fingerprint density at radius 2 is 1.89 bits per heavy atom. The first-order valence-corrected chi connectivity index (χ1v) is 9.31. The van der Waals surface area contributed by atoms with E-state index >= 15 is 0 Å². The zero-order chi connectivity index (χ0) is 19.0. The molecule has 5 nitrogen and oxygen atoms in total. The van der Waals surface area contributed by atoms with Crippen molar-refractivity contribution in [3.05, 3.63) is 65.7 Å². The van der Waals surface area contributed by atoms with Crippen LogP contribution < -0.4 is 0 Å². The van der Waals surface area contributed by atoms with Crippen molar-refractivity contribution in [3.8, 4) is 0 Å². The van der Waals surface area contributed by atoms with E-state index in [0.29, 0.717) is 18.8 Å². The van der Waals surface area contributed by atoms with Crippen molar-refractivity contribution in [2.75, 3.05) is 13.1 Å². The van der Waals surface area contributed by atoms with Crippen molar-refractivity contribution in [2.45, 2.75) is 37.8 Å². The van der Waals surface area contributed by atoms with E-state index in [0.717, 1.165) is 18.4 Å². The number of hydrogen-bond donors (Lipinski definition) is 0. The van der Waals surface area contributed by atoms with Gasteiger partial charge in [0.25, 0.3) is 5.91 Å². The highest BCUT2D eigenvalue weighted by Crippen LogP contribution is 2.40. The van der Waals surface area contributed by atoms with Crippen molar-refractivity contribution < 1.29 is 14.0 Å². The molecule has 1 aromatic carbocycles. The predicted molar refractivity (Wildman–Crippen MR) is 98.6 cm³/mol. The highest BCUT2D eigenvalue weighted by molar-refractivity contribution is 5.93. The highest BCUT2D eigenvalue weighted by Gasteiger charge is 2.49. The summed E-state index contributed by atoms with van der Waals surface area (Å²) in [6.07, 6.45) is 3.33. The van der Waals surface area contributed by atoms with Crippen molar-refractivity contribution in [3.63, 3.8) is 0 Å². The first-order chi connectivity index (χ1) is 13.1. The van der Waals surface area contributed by atoms with E-state index in [4.69, 9.17) is 0 Å². The second-order valence-corrected chi connectivity index (χ2v) is 7.24. The smallest absolute Gasteiger partial charge is 0.272 e. The minimum Gasteiger partial charge on any atom is -0.337 e. The van der Waals surface area contributed by atoms with Crippen molar-refractivity contribution in [1.82, 2.24) is 14.8 Å². The molecule has 3 heterocycles. The van der Waals surface area contributed by atoms with Crippen molar-refractivity contribution >= 4 is 11.8 Å². The minimum atomic E-state index is -0.290. The molecular formula is C21H22FN3O2. The second kappa shape index (κ2) is 7.10. The van der Waals surface area contributed by atoms with Crippen LogP contribution in [0.1, 0.15) is 41.7 Å². The van der Waals surface area contributed by atoms with Crippen LogP contribution in [0.2, 0.25) is 0 Å². The van der Waals surface area contributed by atoms with E-state index in [9.17, 15) is 14.0 Å². The molecule has 2 saturated heterocycles. The van der Waals surface area contributed by atoms with Crippen LogP contribution in [0.5, 0.6) is 0 Å². The lowest BCUT2D eigenvalue weighted by Crippen LogP contribution is -2.53. The number of carbonyl (C=O) groups is 2. The third-order valence-corrected chi connectivity index (χ3v) is 5.71. The van der Waals surface area contributed by atoms with Gasteiger partial charge < -0.3 is 9.80 Å². The van der Waals surface area contributed by atoms with Crippen molar-refractivity contribution in [1.29, 1.82) is 0 Å². The number of benzene rings is 1. The van der Waals surface area contributed by atoms with Crippen LogP contribution in [0.4, 0.5) is 4.39 Å². The summed E-state index contributed by atoms with van der Waals surface area (Å²) < 4.78 is 13.4. The summed E-state index contributed by atoms with van der Waals surface area (Å²) in [6.45, 7) is 2.77. The predicted octanol–water partition coefficient (Wildman–Crippen LogP) is 2.84. The first-order valence-electron chi connectivity index (χ1n) is 9.31. The van der Waals surface area contributed by atoms with Gasteiger partial charge in [0.2, 0.25) is 5.91 Å². The highest BCUT2D eigenvalue weighted by atomic mass is 19.1. The van der Waals surface area contributed by atoms with Gasteiger partial charge in [-0.05, 0) is 42.7 Å². The fraction of sp³-hybridized carbons (Fsp3) is 0.381. The summed E-state index contributed by atoms with van der Waals surface area (Å²) in [5.41, 5.74) is 1.37. The third kappa shape index (κ3) is 3.20. The maximum absolute atomic E-state index is 13.4. The summed E-state index contributed by atoms with van der Waals surface area (Å²) in [7, 11) is 0. The standard InChI is InChI=1S/C21H22FN3O2/c1-14(26)24-12-4-6-19-20(24)17(15-7-9-16(22)10-8-15)13-25(19)21(27)18-5-2-3-11-23-18/h2-3,5,7-11,17,19-20H,4,6,12-13H2,1H3/t17-,19-,20-/m1/s1. The van der Waals surface area contributed by atoms with Gasteiger partial charge in [-0.3, -0.25) is 14.6 Å². The Morgan fingerprint density at radius 1 is 1.11 bits per heavy atom. The molecule has 2 amide bonds. The van der Waals surface area contributed by atoms with Gasteiger partial charge in [-0.15, -0.1) is 0 Å². The topological polar surface area (TPSA) is 53.5 Å². The summed E-state index contributed by atoms with van der Waals surface area (Å²) in [5, 5.41) is 0. The normalized spacial score (nSPS) is 24.6. The van der Waals surface area contributed by atoms with Gasteiger partial charge in [0.15, 0.2) is 0 Å². The number of likely N-dealkylation sites (tertiary alicyclic amines) is 2. The van der Waals surface area contributed by atoms with Crippen molar-refractivity contribution in [2.24, 2.45) is 0 Å². The molecule has 0 saturated carbocycles. The molecule has 0 N–H and O–H groups in total. The quantitative estimate of drug-likeness (QED) is 0.820. The number of rotatable bonds is 2. The Balaban J connectivity index is 1.71. The van der Waals surface area contributed by atoms with E-state index in [1.165, 1.54) is 12.1 Å². The average Bonchev–Trinajstić information content (AvgIpc) is 3.08. The van der Waals surface area contributed by atoms with Gasteiger partial charge in [0, 0.05) is 32.1 Å². The minimum absolute atomic E-state index is 0.0175. The molecule has 0 unspecified atom stereocenters.